The number of thioether (sulfide) groups is 2. The number of amides is 1. The van der Waals surface area contributed by atoms with Crippen molar-refractivity contribution in [2.75, 3.05) is 23.8 Å². The predicted octanol–water partition coefficient (Wildman–Crippen LogP) is 1.30. The van der Waals surface area contributed by atoms with Gasteiger partial charge in [0.2, 0.25) is 5.91 Å². The summed E-state index contributed by atoms with van der Waals surface area (Å²) in [4.78, 5) is 24.4. The quantitative estimate of drug-likeness (QED) is 0.819. The van der Waals surface area contributed by atoms with Gasteiger partial charge in [-0.15, -0.1) is 0 Å². The highest BCUT2D eigenvalue weighted by Gasteiger charge is 2.34. The predicted molar refractivity (Wildman–Crippen MR) is 70.6 cm³/mol. The molecule has 0 aromatic carbocycles. The molecular weight excluding hydrogens is 258 g/mol. The third-order valence-electron chi connectivity index (χ3n) is 2.90. The molecule has 0 spiro atoms. The van der Waals surface area contributed by atoms with Crippen LogP contribution in [0.15, 0.2) is 0 Å². The summed E-state index contributed by atoms with van der Waals surface area (Å²) < 4.78 is 0. The average molecular weight is 275 g/mol. The highest BCUT2D eigenvalue weighted by molar-refractivity contribution is 8.06. The third-order valence-corrected chi connectivity index (χ3v) is 5.75. The van der Waals surface area contributed by atoms with Crippen molar-refractivity contribution in [1.82, 2.24) is 4.90 Å². The van der Waals surface area contributed by atoms with Crippen LogP contribution in [-0.4, -0.2) is 57.0 Å². The van der Waals surface area contributed by atoms with E-state index in [1.54, 1.807) is 4.90 Å². The molecule has 6 heteroatoms. The SMILES string of the molecule is O=C(O)CN(C(=O)CC1CSCCS1)C1CC1. The van der Waals surface area contributed by atoms with Gasteiger partial charge in [-0.25, -0.2) is 0 Å². The Labute approximate surface area is 110 Å². The van der Waals surface area contributed by atoms with E-state index in [0.29, 0.717) is 11.7 Å². The number of carbonyl (C=O) groups is 2. The topological polar surface area (TPSA) is 57.6 Å². The van der Waals surface area contributed by atoms with Crippen molar-refractivity contribution >= 4 is 35.4 Å². The molecule has 17 heavy (non-hydrogen) atoms. The number of aliphatic carboxylic acids is 1. The van der Waals surface area contributed by atoms with E-state index in [2.05, 4.69) is 0 Å². The van der Waals surface area contributed by atoms with E-state index in [4.69, 9.17) is 5.11 Å². The summed E-state index contributed by atoms with van der Waals surface area (Å²) >= 11 is 3.73. The van der Waals surface area contributed by atoms with Gasteiger partial charge in [0.15, 0.2) is 0 Å². The number of carboxylic acid groups (broad SMARTS) is 1. The van der Waals surface area contributed by atoms with Crippen LogP contribution in [0.4, 0.5) is 0 Å². The fourth-order valence-electron chi connectivity index (χ4n) is 1.92. The molecule has 1 atom stereocenters. The van der Waals surface area contributed by atoms with Crippen LogP contribution in [0.2, 0.25) is 0 Å². The number of rotatable bonds is 5. The van der Waals surface area contributed by atoms with Gasteiger partial charge in [-0.05, 0) is 12.8 Å². The second-order valence-corrected chi connectivity index (χ2v) is 6.98. The molecule has 1 saturated carbocycles. The molecule has 2 fully saturated rings. The van der Waals surface area contributed by atoms with Crippen molar-refractivity contribution in [3.05, 3.63) is 0 Å². The number of hydrogen-bond donors (Lipinski definition) is 1. The first kappa shape index (κ1) is 13.1. The molecule has 0 bridgehead atoms. The molecule has 0 aromatic heterocycles. The molecule has 1 saturated heterocycles. The molecule has 0 radical (unpaired) electrons. The van der Waals surface area contributed by atoms with E-state index in [1.807, 2.05) is 23.5 Å². The number of carboxylic acids is 1. The van der Waals surface area contributed by atoms with Gasteiger partial charge in [0.1, 0.15) is 6.54 Å². The second-order valence-electron chi connectivity index (χ2n) is 4.42. The van der Waals surface area contributed by atoms with E-state index in [1.165, 1.54) is 0 Å². The van der Waals surface area contributed by atoms with Gasteiger partial charge in [0.25, 0.3) is 0 Å². The van der Waals surface area contributed by atoms with Crippen molar-refractivity contribution in [1.29, 1.82) is 0 Å². The average Bonchev–Trinajstić information content (AvgIpc) is 3.10. The fraction of sp³-hybridized carbons (Fsp3) is 0.818. The van der Waals surface area contributed by atoms with Crippen LogP contribution in [0.3, 0.4) is 0 Å². The molecule has 1 unspecified atom stereocenters. The Balaban J connectivity index is 1.84. The number of nitrogens with zero attached hydrogens (tertiary/aromatic N) is 1. The van der Waals surface area contributed by atoms with Crippen LogP contribution in [-0.2, 0) is 9.59 Å². The lowest BCUT2D eigenvalue weighted by molar-refractivity contribution is -0.144. The van der Waals surface area contributed by atoms with Gasteiger partial charge in [-0.3, -0.25) is 9.59 Å². The van der Waals surface area contributed by atoms with E-state index < -0.39 is 5.97 Å². The number of hydrogen-bond acceptors (Lipinski definition) is 4. The Morgan fingerprint density at radius 3 is 2.59 bits per heavy atom. The molecule has 0 aromatic rings. The zero-order chi connectivity index (χ0) is 12.3. The Morgan fingerprint density at radius 1 is 1.29 bits per heavy atom. The Morgan fingerprint density at radius 2 is 2.06 bits per heavy atom. The maximum absolute atomic E-state index is 12.1. The highest BCUT2D eigenvalue weighted by Crippen LogP contribution is 2.30. The van der Waals surface area contributed by atoms with Gasteiger partial charge >= 0.3 is 5.97 Å². The van der Waals surface area contributed by atoms with Crippen molar-refractivity contribution in [3.8, 4) is 0 Å². The van der Waals surface area contributed by atoms with Crippen LogP contribution >= 0.6 is 23.5 Å². The fourth-order valence-corrected chi connectivity index (χ4v) is 4.59. The maximum atomic E-state index is 12.1. The molecule has 2 rings (SSSR count). The Kier molecular flexibility index (Phi) is 4.62. The van der Waals surface area contributed by atoms with Crippen LogP contribution in [0.1, 0.15) is 19.3 Å². The lowest BCUT2D eigenvalue weighted by atomic mass is 10.3. The standard InChI is InChI=1S/C11H17NO3S2/c13-10(5-9-7-16-3-4-17-9)12(6-11(14)15)8-1-2-8/h8-9H,1-7H2,(H,14,15). The first-order chi connectivity index (χ1) is 8.16. The van der Waals surface area contributed by atoms with Crippen molar-refractivity contribution in [2.24, 2.45) is 0 Å². The molecule has 1 amide bonds. The lowest BCUT2D eigenvalue weighted by Gasteiger charge is -2.25. The molecule has 96 valence electrons. The zero-order valence-electron chi connectivity index (χ0n) is 9.63. The van der Waals surface area contributed by atoms with E-state index in [9.17, 15) is 9.59 Å². The summed E-state index contributed by atoms with van der Waals surface area (Å²) in [6.45, 7) is -0.131. The van der Waals surface area contributed by atoms with E-state index in [0.717, 1.165) is 30.1 Å². The summed E-state index contributed by atoms with van der Waals surface area (Å²) in [6, 6.07) is 0.194. The van der Waals surface area contributed by atoms with Crippen molar-refractivity contribution in [3.63, 3.8) is 0 Å². The minimum Gasteiger partial charge on any atom is -0.480 e. The summed E-state index contributed by atoms with van der Waals surface area (Å²) in [6.07, 6.45) is 2.43. The molecule has 2 aliphatic rings. The summed E-state index contributed by atoms with van der Waals surface area (Å²) in [5.41, 5.74) is 0. The highest BCUT2D eigenvalue weighted by atomic mass is 32.2. The van der Waals surface area contributed by atoms with Gasteiger partial charge in [-0.1, -0.05) is 0 Å². The van der Waals surface area contributed by atoms with Crippen LogP contribution in [0.5, 0.6) is 0 Å². The number of carbonyl (C=O) groups excluding carboxylic acids is 1. The van der Waals surface area contributed by atoms with Crippen LogP contribution in [0.25, 0.3) is 0 Å². The zero-order valence-corrected chi connectivity index (χ0v) is 11.3. The molecule has 1 heterocycles. The monoisotopic (exact) mass is 275 g/mol. The van der Waals surface area contributed by atoms with E-state index >= 15 is 0 Å². The molecule has 1 aliphatic heterocycles. The lowest BCUT2D eigenvalue weighted by Crippen LogP contribution is -2.39. The molecule has 1 aliphatic carbocycles. The van der Waals surface area contributed by atoms with Gasteiger partial charge in [0, 0.05) is 35.0 Å². The Bertz CT molecular complexity index is 301. The normalized spacial score (nSPS) is 24.4. The van der Waals surface area contributed by atoms with Gasteiger partial charge in [-0.2, -0.15) is 23.5 Å². The molecular formula is C11H17NO3S2. The second kappa shape index (κ2) is 6.00. The first-order valence-electron chi connectivity index (χ1n) is 5.87. The minimum atomic E-state index is -0.907. The van der Waals surface area contributed by atoms with Gasteiger partial charge < -0.3 is 10.0 Å². The molecule has 4 nitrogen and oxygen atoms in total. The maximum Gasteiger partial charge on any atom is 0.323 e. The van der Waals surface area contributed by atoms with Crippen molar-refractivity contribution in [2.45, 2.75) is 30.6 Å². The summed E-state index contributed by atoms with van der Waals surface area (Å²) in [5.74, 6) is 2.40. The van der Waals surface area contributed by atoms with Gasteiger partial charge in [0.05, 0.1) is 0 Å². The first-order valence-corrected chi connectivity index (χ1v) is 8.08. The Hall–Kier alpha value is -0.360. The smallest absolute Gasteiger partial charge is 0.323 e. The van der Waals surface area contributed by atoms with Crippen LogP contribution < -0.4 is 0 Å². The van der Waals surface area contributed by atoms with Crippen molar-refractivity contribution < 1.29 is 14.7 Å². The molecule has 1 N–H and O–H groups in total. The summed E-state index contributed by atoms with van der Waals surface area (Å²) in [7, 11) is 0. The summed E-state index contributed by atoms with van der Waals surface area (Å²) in [5, 5.41) is 9.18. The van der Waals surface area contributed by atoms with E-state index in [-0.39, 0.29) is 18.5 Å². The third kappa shape index (κ3) is 4.10. The largest absolute Gasteiger partial charge is 0.480 e. The van der Waals surface area contributed by atoms with Crippen LogP contribution in [0, 0.1) is 0 Å². The minimum absolute atomic E-state index is 0.0231.